The van der Waals surface area contributed by atoms with Crippen molar-refractivity contribution in [2.45, 2.75) is 295 Å². The quantitative estimate of drug-likeness (QED) is 0.0453. The smallest absolute Gasteiger partial charge is 0.362 e. The Morgan fingerprint density at radius 2 is 0.282 bits per heavy atom. The zero-order valence-corrected chi connectivity index (χ0v) is 67.7. The van der Waals surface area contributed by atoms with Gasteiger partial charge in [-0.2, -0.15) is 0 Å². The van der Waals surface area contributed by atoms with E-state index in [2.05, 4.69) is 91.7 Å². The maximum atomic E-state index is 6.76. The largest absolute Gasteiger partial charge is 0.415 e. The van der Waals surface area contributed by atoms with E-state index in [1.807, 2.05) is 13.1 Å². The van der Waals surface area contributed by atoms with Crippen molar-refractivity contribution in [1.29, 1.82) is 0 Å². The van der Waals surface area contributed by atoms with Crippen LogP contribution in [-0.4, -0.2) is 144 Å². The molecule has 0 aromatic carbocycles. The monoisotopic (exact) mass is 1360 g/mol. The van der Waals surface area contributed by atoms with Crippen molar-refractivity contribution < 1.29 is 65.8 Å². The molecule has 0 aromatic heterocycles. The fourth-order valence-electron chi connectivity index (χ4n) is 11.3. The van der Waals surface area contributed by atoms with Crippen LogP contribution in [0.4, 0.5) is 0 Å². The first-order valence-electron chi connectivity index (χ1n) is 30.2. The van der Waals surface area contributed by atoms with Crippen molar-refractivity contribution in [2.24, 2.45) is 0 Å². The van der Waals surface area contributed by atoms with Crippen molar-refractivity contribution in [3.05, 3.63) is 0 Å². The van der Waals surface area contributed by atoms with Crippen molar-refractivity contribution in [2.75, 3.05) is 0 Å². The van der Waals surface area contributed by atoms with Gasteiger partial charge >= 0.3 is 144 Å². The topological polar surface area (TPSA) is 148 Å². The molecule has 0 saturated carbocycles. The highest BCUT2D eigenvalue weighted by Gasteiger charge is 2.48. The summed E-state index contributed by atoms with van der Waals surface area (Å²) < 4.78 is 104. The van der Waals surface area contributed by atoms with Gasteiger partial charge in [-0.15, -0.1) is 0 Å². The van der Waals surface area contributed by atoms with Crippen LogP contribution >= 0.6 is 0 Å². The molecule has 10 radical (unpaired) electrons. The molecule has 4 saturated heterocycles. The predicted molar refractivity (Wildman–Crippen MR) is 343 cm³/mol. The highest BCUT2D eigenvalue weighted by molar-refractivity contribution is 6.87. The van der Waals surface area contributed by atoms with Crippen LogP contribution in [0.1, 0.15) is 154 Å². The minimum absolute atomic E-state index is 1.01. The lowest BCUT2D eigenvalue weighted by Crippen LogP contribution is -2.57. The van der Waals surface area contributed by atoms with Crippen LogP contribution in [0.5, 0.6) is 0 Å². The third-order valence-corrected chi connectivity index (χ3v) is 65.8. The summed E-state index contributed by atoms with van der Waals surface area (Å²) in [6.07, 6.45) is 29.5. The molecule has 4 fully saturated rings. The molecule has 0 amide bonds. The van der Waals surface area contributed by atoms with Gasteiger partial charge in [-0.1, -0.05) is 154 Å². The molecule has 4 aliphatic heterocycles. The molecule has 0 aliphatic carbocycles. The third-order valence-electron chi connectivity index (χ3n) is 14.5. The van der Waals surface area contributed by atoms with E-state index in [9.17, 15) is 0 Å². The van der Waals surface area contributed by atoms with Crippen LogP contribution in [0, 0.1) is 0 Å². The zero-order valence-electron chi connectivity index (χ0n) is 51.7. The van der Waals surface area contributed by atoms with Gasteiger partial charge in [0.05, 0.1) is 0 Å². The Labute approximate surface area is 501 Å². The van der Waals surface area contributed by atoms with Gasteiger partial charge in [-0.25, -0.2) is 0 Å². The van der Waals surface area contributed by atoms with E-state index in [-0.39, 0.29) is 0 Å². The lowest BCUT2D eigenvalue weighted by Gasteiger charge is -2.40. The molecule has 4 heterocycles. The van der Waals surface area contributed by atoms with Crippen LogP contribution in [0.15, 0.2) is 0 Å². The molecule has 0 spiro atoms. The van der Waals surface area contributed by atoms with Crippen LogP contribution < -0.4 is 0 Å². The molecule has 4 rings (SSSR count). The van der Waals surface area contributed by atoms with Crippen LogP contribution in [0.2, 0.25) is 141 Å². The van der Waals surface area contributed by atoms with Gasteiger partial charge in [0.25, 0.3) is 0 Å². The van der Waals surface area contributed by atoms with E-state index < -0.39 is 144 Å². The van der Waals surface area contributed by atoms with Gasteiger partial charge in [-0.3, -0.25) is 0 Å². The van der Waals surface area contributed by atoms with E-state index in [1.54, 1.807) is 0 Å². The Bertz CT molecular complexity index is 1450. The van der Waals surface area contributed by atoms with Crippen LogP contribution in [0.25, 0.3) is 0 Å². The average molecular weight is 1370 g/mol. The Morgan fingerprint density at radius 1 is 0.167 bits per heavy atom. The van der Waals surface area contributed by atoms with Gasteiger partial charge in [0.2, 0.25) is 0 Å². The molecule has 0 bridgehead atoms. The molecule has 16 nitrogen and oxygen atoms in total. The van der Waals surface area contributed by atoms with Gasteiger partial charge in [0.15, 0.2) is 0 Å². The van der Waals surface area contributed by atoms with Gasteiger partial charge in [0, 0.05) is 0 Å². The maximum Gasteiger partial charge on any atom is 0.362 e. The van der Waals surface area contributed by atoms with E-state index in [1.165, 1.54) is 116 Å². The molecule has 78 heavy (non-hydrogen) atoms. The Balaban J connectivity index is 0.978. The molecule has 452 valence electrons. The van der Waals surface area contributed by atoms with Gasteiger partial charge in [-0.05, 0) is 141 Å². The Morgan fingerprint density at radius 3 is 0.423 bits per heavy atom. The number of hydrogen-bond donors (Lipinski definition) is 0. The lowest BCUT2D eigenvalue weighted by atomic mass is 10.1. The van der Waals surface area contributed by atoms with Gasteiger partial charge in [0.1, 0.15) is 0 Å². The third kappa shape index (κ3) is 31.1. The van der Waals surface area contributed by atoms with E-state index in [0.717, 1.165) is 74.8 Å². The first kappa shape index (κ1) is 73.3. The molecular weight excluding hydrogens is 1260 g/mol. The van der Waals surface area contributed by atoms with Crippen molar-refractivity contribution in [3.8, 4) is 0 Å². The summed E-state index contributed by atoms with van der Waals surface area (Å²) in [5.74, 6) is 0. The van der Waals surface area contributed by atoms with E-state index in [4.69, 9.17) is 65.8 Å². The number of hydrogen-bond acceptors (Lipinski definition) is 16. The molecular formula is C46H108O16Si16. The molecule has 0 aromatic rings. The highest BCUT2D eigenvalue weighted by Crippen LogP contribution is 2.32. The summed E-state index contributed by atoms with van der Waals surface area (Å²) in [4.78, 5) is 0. The summed E-state index contributed by atoms with van der Waals surface area (Å²) >= 11 is 0. The molecule has 0 N–H and O–H groups in total. The van der Waals surface area contributed by atoms with Crippen molar-refractivity contribution in [3.63, 3.8) is 0 Å². The second-order valence-electron chi connectivity index (χ2n) is 23.3. The summed E-state index contributed by atoms with van der Waals surface area (Å²) in [5.41, 5.74) is 0. The average Bonchev–Trinajstić information content (AvgIpc) is 3.28. The number of unbranched alkanes of at least 4 members (excludes halogenated alkanes) is 21. The lowest BCUT2D eigenvalue weighted by molar-refractivity contribution is 0.253. The van der Waals surface area contributed by atoms with E-state index in [0.29, 0.717) is 0 Å². The maximum absolute atomic E-state index is 6.76. The molecule has 32 heteroatoms. The molecule has 0 unspecified atom stereocenters. The second-order valence-corrected chi connectivity index (χ2v) is 62.8. The highest BCUT2D eigenvalue weighted by atomic mass is 28.5. The van der Waals surface area contributed by atoms with Crippen LogP contribution in [-0.2, 0) is 65.8 Å². The Kier molecular flexibility index (Phi) is 35.4. The zero-order chi connectivity index (χ0) is 57.3. The molecule has 0 atom stereocenters. The summed E-state index contributed by atoms with van der Waals surface area (Å²) in [6, 6.07) is 6.11. The van der Waals surface area contributed by atoms with Crippen molar-refractivity contribution in [1.82, 2.24) is 0 Å². The fraction of sp³-hybridized carbons (Fsp3) is 1.00. The first-order valence-corrected chi connectivity index (χ1v) is 63.5. The fourth-order valence-corrected chi connectivity index (χ4v) is 65.8. The molecule has 4 aliphatic rings. The second kappa shape index (κ2) is 37.6. The van der Waals surface area contributed by atoms with E-state index >= 15 is 0 Å². The summed E-state index contributed by atoms with van der Waals surface area (Å²) in [6.45, 7) is 34.4. The number of rotatable bonds is 33. The predicted octanol–water partition coefficient (Wildman–Crippen LogP) is 14.3. The minimum Gasteiger partial charge on any atom is -0.415 e. The standard InChI is InChI=1S/C46H108O16Si16/c1-63-47-65(3)51-73(11,52-66(4)48-63)41-35-29-23-17-19-25-31-37-43-75(13)55-69(7)59-77(15,60-70(8)56-75)45-39-33-27-21-22-28-34-40-46-78(16)61-71(9)57-76(14,58-72(10)62-78)44-38-32-26-20-18-24-30-36-42-74(12)53-67(5)49-64(2)50-68(6)54-74/h17-46H2,1-16H3. The summed E-state index contributed by atoms with van der Waals surface area (Å²) in [5, 5.41) is 0. The minimum atomic E-state index is -2.35. The Hall–Kier alpha value is 2.83. The normalized spacial score (nSPS) is 29.4. The summed E-state index contributed by atoms with van der Waals surface area (Å²) in [7, 11) is -27.3. The van der Waals surface area contributed by atoms with Crippen molar-refractivity contribution >= 4 is 144 Å². The van der Waals surface area contributed by atoms with Gasteiger partial charge < -0.3 is 65.8 Å². The van der Waals surface area contributed by atoms with Crippen LogP contribution in [0.3, 0.4) is 0 Å². The first-order chi connectivity index (χ1) is 36.8. The SMILES string of the molecule is C[Si]1O[Si](C)O[Si](C)(CCCCCCCCCC[Si]2(C)O[Si](C)O[Si](C)(CCCCCCCCCC[Si]3(C)O[Si](C)O[Si](C)(CCCCCCCCCC[Si]4(C)O[Si](C)O[Si](C)O[Si](C)O4)O[Si](C)O3)O[Si](C)O2)O[Si](C)O1.